The van der Waals surface area contributed by atoms with Gasteiger partial charge in [0.15, 0.2) is 5.65 Å². The van der Waals surface area contributed by atoms with E-state index in [0.717, 1.165) is 34.4 Å². The second kappa shape index (κ2) is 5.32. The second-order valence-electron chi connectivity index (χ2n) is 4.29. The number of fused-ring (bicyclic) bond motifs is 1. The monoisotopic (exact) mass is 326 g/mol. The number of pyridine rings is 1. The van der Waals surface area contributed by atoms with Gasteiger partial charge in [0, 0.05) is 29.6 Å². The van der Waals surface area contributed by atoms with Gasteiger partial charge in [0.1, 0.15) is 11.3 Å². The lowest BCUT2D eigenvalue weighted by Crippen LogP contribution is -2.23. The van der Waals surface area contributed by atoms with E-state index in [0.29, 0.717) is 4.99 Å². The van der Waals surface area contributed by atoms with Crippen LogP contribution in [0.1, 0.15) is 19.7 Å². The van der Waals surface area contributed by atoms with Gasteiger partial charge in [-0.05, 0) is 22.0 Å². The van der Waals surface area contributed by atoms with E-state index in [-0.39, 0.29) is 5.92 Å². The standard InChI is InChI=1S/C12H15BrN4S/c1-3-10-16-9-4-8(13)5-15-12(9)17(10)6-7(2)11(14)18/h4-5,7H,3,6H2,1-2H3,(H2,14,18). The van der Waals surface area contributed by atoms with E-state index in [1.807, 2.05) is 13.0 Å². The molecule has 0 radical (unpaired) electrons. The van der Waals surface area contributed by atoms with Crippen LogP contribution in [-0.4, -0.2) is 19.5 Å². The van der Waals surface area contributed by atoms with E-state index in [1.54, 1.807) is 6.20 Å². The summed E-state index contributed by atoms with van der Waals surface area (Å²) in [5, 5.41) is 0. The molecule has 0 aliphatic rings. The molecule has 0 bridgehead atoms. The maximum absolute atomic E-state index is 5.68. The molecule has 2 N–H and O–H groups in total. The smallest absolute Gasteiger partial charge is 0.160 e. The number of hydrogen-bond acceptors (Lipinski definition) is 3. The average Bonchev–Trinajstić information content (AvgIpc) is 2.66. The van der Waals surface area contributed by atoms with Gasteiger partial charge in [-0.3, -0.25) is 0 Å². The maximum Gasteiger partial charge on any atom is 0.160 e. The molecule has 1 unspecified atom stereocenters. The minimum atomic E-state index is 0.133. The fourth-order valence-electron chi connectivity index (χ4n) is 1.86. The SMILES string of the molecule is CCc1nc2cc(Br)cnc2n1CC(C)C(N)=S. The summed E-state index contributed by atoms with van der Waals surface area (Å²) in [6.07, 6.45) is 2.64. The summed E-state index contributed by atoms with van der Waals surface area (Å²) in [7, 11) is 0. The molecule has 2 aromatic rings. The minimum Gasteiger partial charge on any atom is -0.393 e. The molecule has 4 nitrogen and oxygen atoms in total. The van der Waals surface area contributed by atoms with Crippen molar-refractivity contribution in [3.63, 3.8) is 0 Å². The zero-order valence-electron chi connectivity index (χ0n) is 10.4. The highest BCUT2D eigenvalue weighted by molar-refractivity contribution is 9.10. The molecule has 2 heterocycles. The van der Waals surface area contributed by atoms with Crippen molar-refractivity contribution in [1.82, 2.24) is 14.5 Å². The zero-order chi connectivity index (χ0) is 13.3. The molecule has 1 atom stereocenters. The summed E-state index contributed by atoms with van der Waals surface area (Å²) in [5.41, 5.74) is 7.47. The van der Waals surface area contributed by atoms with Gasteiger partial charge in [-0.25, -0.2) is 9.97 Å². The van der Waals surface area contributed by atoms with Crippen molar-refractivity contribution in [3.8, 4) is 0 Å². The molecule has 0 aliphatic heterocycles. The topological polar surface area (TPSA) is 56.7 Å². The molecule has 0 spiro atoms. The van der Waals surface area contributed by atoms with E-state index in [1.165, 1.54) is 0 Å². The van der Waals surface area contributed by atoms with Gasteiger partial charge in [0.25, 0.3) is 0 Å². The lowest BCUT2D eigenvalue weighted by Gasteiger charge is -2.13. The summed E-state index contributed by atoms with van der Waals surface area (Å²) >= 11 is 8.44. The number of thiocarbonyl (C=S) groups is 1. The first-order valence-electron chi connectivity index (χ1n) is 5.83. The van der Waals surface area contributed by atoms with Crippen molar-refractivity contribution in [2.24, 2.45) is 11.7 Å². The Hall–Kier alpha value is -1.01. The van der Waals surface area contributed by atoms with Crippen LogP contribution in [0.2, 0.25) is 0 Å². The van der Waals surface area contributed by atoms with Crippen molar-refractivity contribution in [1.29, 1.82) is 0 Å². The van der Waals surface area contributed by atoms with Gasteiger partial charge in [0.05, 0.1) is 4.99 Å². The van der Waals surface area contributed by atoms with Crippen LogP contribution in [-0.2, 0) is 13.0 Å². The highest BCUT2D eigenvalue weighted by Gasteiger charge is 2.14. The first kappa shape index (κ1) is 13.4. The number of halogens is 1. The predicted octanol–water partition coefficient (Wildman–Crippen LogP) is 2.68. The molecular weight excluding hydrogens is 312 g/mol. The summed E-state index contributed by atoms with van der Waals surface area (Å²) in [6.45, 7) is 4.83. The van der Waals surface area contributed by atoms with E-state index in [9.17, 15) is 0 Å². The molecule has 0 fully saturated rings. The Morgan fingerprint density at radius 3 is 2.94 bits per heavy atom. The van der Waals surface area contributed by atoms with Crippen LogP contribution in [0.25, 0.3) is 11.2 Å². The maximum atomic E-state index is 5.68. The quantitative estimate of drug-likeness (QED) is 0.877. The Kier molecular flexibility index (Phi) is 3.97. The number of nitrogens with two attached hydrogens (primary N) is 1. The third-order valence-corrected chi connectivity index (χ3v) is 3.73. The Morgan fingerprint density at radius 1 is 1.61 bits per heavy atom. The predicted molar refractivity (Wildman–Crippen MR) is 80.6 cm³/mol. The number of aromatic nitrogens is 3. The number of hydrogen-bond donors (Lipinski definition) is 1. The van der Waals surface area contributed by atoms with Crippen molar-refractivity contribution in [2.75, 3.05) is 0 Å². The summed E-state index contributed by atoms with van der Waals surface area (Å²) in [6, 6.07) is 1.98. The van der Waals surface area contributed by atoms with Crippen LogP contribution in [0.15, 0.2) is 16.7 Å². The van der Waals surface area contributed by atoms with Gasteiger partial charge in [0.2, 0.25) is 0 Å². The lowest BCUT2D eigenvalue weighted by molar-refractivity contribution is 0.586. The Bertz CT molecular complexity index is 593. The lowest BCUT2D eigenvalue weighted by atomic mass is 10.2. The summed E-state index contributed by atoms with van der Waals surface area (Å²) < 4.78 is 3.04. The molecule has 96 valence electrons. The van der Waals surface area contributed by atoms with Crippen LogP contribution in [0.4, 0.5) is 0 Å². The summed E-state index contributed by atoms with van der Waals surface area (Å²) in [5.74, 6) is 1.15. The molecule has 0 aliphatic carbocycles. The van der Waals surface area contributed by atoms with Gasteiger partial charge < -0.3 is 10.3 Å². The summed E-state index contributed by atoms with van der Waals surface area (Å²) in [4.78, 5) is 9.55. The minimum absolute atomic E-state index is 0.133. The van der Waals surface area contributed by atoms with Crippen molar-refractivity contribution >= 4 is 44.3 Å². The molecule has 0 amide bonds. The van der Waals surface area contributed by atoms with Crippen molar-refractivity contribution in [2.45, 2.75) is 26.8 Å². The van der Waals surface area contributed by atoms with Gasteiger partial charge in [-0.1, -0.05) is 26.1 Å². The largest absolute Gasteiger partial charge is 0.393 e. The van der Waals surface area contributed by atoms with Crippen molar-refractivity contribution < 1.29 is 0 Å². The van der Waals surface area contributed by atoms with Gasteiger partial charge in [-0.2, -0.15) is 0 Å². The van der Waals surface area contributed by atoms with Crippen LogP contribution >= 0.6 is 28.1 Å². The fraction of sp³-hybridized carbons (Fsp3) is 0.417. The average molecular weight is 327 g/mol. The zero-order valence-corrected chi connectivity index (χ0v) is 12.8. The van der Waals surface area contributed by atoms with Crippen LogP contribution in [0, 0.1) is 5.92 Å². The van der Waals surface area contributed by atoms with Crippen LogP contribution < -0.4 is 5.73 Å². The Labute approximate surface area is 120 Å². The fourth-order valence-corrected chi connectivity index (χ4v) is 2.25. The molecular formula is C12H15BrN4S. The number of imidazole rings is 1. The number of aryl methyl sites for hydroxylation is 1. The van der Waals surface area contributed by atoms with E-state index >= 15 is 0 Å². The molecule has 0 aromatic carbocycles. The molecule has 2 aromatic heterocycles. The highest BCUT2D eigenvalue weighted by atomic mass is 79.9. The molecule has 2 rings (SSSR count). The first-order chi connectivity index (χ1) is 8.52. The highest BCUT2D eigenvalue weighted by Crippen LogP contribution is 2.20. The molecule has 6 heteroatoms. The van der Waals surface area contributed by atoms with E-state index < -0.39 is 0 Å². The first-order valence-corrected chi connectivity index (χ1v) is 7.03. The van der Waals surface area contributed by atoms with Crippen molar-refractivity contribution in [3.05, 3.63) is 22.6 Å². The van der Waals surface area contributed by atoms with E-state index in [2.05, 4.69) is 37.4 Å². The second-order valence-corrected chi connectivity index (χ2v) is 5.68. The van der Waals surface area contributed by atoms with Crippen LogP contribution in [0.3, 0.4) is 0 Å². The van der Waals surface area contributed by atoms with Gasteiger partial charge in [-0.15, -0.1) is 0 Å². The van der Waals surface area contributed by atoms with Gasteiger partial charge >= 0.3 is 0 Å². The third-order valence-electron chi connectivity index (χ3n) is 2.89. The molecule has 0 saturated carbocycles. The Morgan fingerprint density at radius 2 is 2.33 bits per heavy atom. The normalized spacial score (nSPS) is 12.8. The third kappa shape index (κ3) is 2.54. The van der Waals surface area contributed by atoms with Crippen LogP contribution in [0.5, 0.6) is 0 Å². The molecule has 0 saturated heterocycles. The number of nitrogens with zero attached hydrogens (tertiary/aromatic N) is 3. The molecule has 18 heavy (non-hydrogen) atoms. The Balaban J connectivity index is 2.50. The number of rotatable bonds is 4. The van der Waals surface area contributed by atoms with E-state index in [4.69, 9.17) is 18.0 Å².